The molecule has 1 radical (unpaired) electrons. The number of allylic oxidation sites excluding steroid dienone is 1. The minimum Gasteiger partial charge on any atom is -0.662 e. The summed E-state index contributed by atoms with van der Waals surface area (Å²) < 4.78 is 0. The van der Waals surface area contributed by atoms with Gasteiger partial charge in [-0.1, -0.05) is 5.57 Å². The van der Waals surface area contributed by atoms with Gasteiger partial charge in [-0.05, 0) is 13.8 Å². The maximum absolute atomic E-state index is 3.90. The second-order valence-corrected chi connectivity index (χ2v) is 1.78. The molecule has 0 rings (SSSR count). The Morgan fingerprint density at radius 2 is 2.00 bits per heavy atom. The monoisotopic (exact) mass is 187 g/mol. The molecule has 0 spiro atoms. The molecule has 0 amide bonds. The second-order valence-electron chi connectivity index (χ2n) is 1.78. The van der Waals surface area contributed by atoms with Crippen LogP contribution in [0.15, 0.2) is 11.6 Å². The Morgan fingerprint density at radius 3 is 2.12 bits per heavy atom. The van der Waals surface area contributed by atoms with Crippen LogP contribution in [0.2, 0.25) is 0 Å². The molecule has 0 heterocycles. The molecule has 0 aromatic rings. The van der Waals surface area contributed by atoms with Crippen molar-refractivity contribution in [3.8, 4) is 0 Å². The molecule has 0 aromatic carbocycles. The van der Waals surface area contributed by atoms with Gasteiger partial charge < -0.3 is 5.32 Å². The fourth-order valence-corrected chi connectivity index (χ4v) is 0.274. The summed E-state index contributed by atoms with van der Waals surface area (Å²) in [5.41, 5.74) is 1.34. The molecule has 0 atom stereocenters. The second kappa shape index (κ2) is 7.80. The first-order chi connectivity index (χ1) is 3.27. The van der Waals surface area contributed by atoms with Crippen molar-refractivity contribution < 1.29 is 32.7 Å². The van der Waals surface area contributed by atoms with Crippen LogP contribution >= 0.6 is 0 Å². The summed E-state index contributed by atoms with van der Waals surface area (Å²) in [4.78, 5) is 0. The van der Waals surface area contributed by atoms with Crippen LogP contribution < -0.4 is 0 Å². The van der Waals surface area contributed by atoms with Crippen molar-refractivity contribution in [2.45, 2.75) is 13.8 Å². The molecule has 0 aliphatic rings. The minimum absolute atomic E-state index is 0. The molecule has 8 heavy (non-hydrogen) atoms. The third-order valence-electron chi connectivity index (χ3n) is 0.682. The molecular weight excluding hydrogens is 175 g/mol. The SMILES string of the molecule is C[N-]CC=C(C)C.[Y]. The van der Waals surface area contributed by atoms with Crippen LogP contribution in [-0.2, 0) is 32.7 Å². The Balaban J connectivity index is 0. The number of hydrogen-bond donors (Lipinski definition) is 0. The van der Waals surface area contributed by atoms with Crippen molar-refractivity contribution in [3.63, 3.8) is 0 Å². The zero-order valence-corrected chi connectivity index (χ0v) is 8.65. The van der Waals surface area contributed by atoms with E-state index in [1.54, 1.807) is 0 Å². The smallest absolute Gasteiger partial charge is 0 e. The van der Waals surface area contributed by atoms with E-state index in [0.717, 1.165) is 6.54 Å². The first-order valence-corrected chi connectivity index (χ1v) is 2.46. The molecule has 2 heteroatoms. The van der Waals surface area contributed by atoms with Gasteiger partial charge in [-0.2, -0.15) is 7.05 Å². The van der Waals surface area contributed by atoms with Gasteiger partial charge in [0.25, 0.3) is 0 Å². The van der Waals surface area contributed by atoms with Crippen LogP contribution in [0, 0.1) is 0 Å². The van der Waals surface area contributed by atoms with E-state index < -0.39 is 0 Å². The van der Waals surface area contributed by atoms with Crippen LogP contribution in [0.1, 0.15) is 13.8 Å². The van der Waals surface area contributed by atoms with Crippen molar-refractivity contribution >= 4 is 0 Å². The Labute approximate surface area is 76.8 Å². The van der Waals surface area contributed by atoms with E-state index in [4.69, 9.17) is 0 Å². The fraction of sp³-hybridized carbons (Fsp3) is 0.667. The molecule has 0 saturated heterocycles. The first-order valence-electron chi connectivity index (χ1n) is 2.46. The van der Waals surface area contributed by atoms with Crippen LogP contribution in [0.3, 0.4) is 0 Å². The molecule has 45 valence electrons. The van der Waals surface area contributed by atoms with E-state index in [-0.39, 0.29) is 32.7 Å². The fourth-order valence-electron chi connectivity index (χ4n) is 0.274. The summed E-state index contributed by atoms with van der Waals surface area (Å²) in [6, 6.07) is 0. The molecule has 0 N–H and O–H groups in total. The number of nitrogens with zero attached hydrogens (tertiary/aromatic N) is 1. The van der Waals surface area contributed by atoms with Gasteiger partial charge in [0.1, 0.15) is 0 Å². The van der Waals surface area contributed by atoms with Gasteiger partial charge >= 0.3 is 0 Å². The summed E-state index contributed by atoms with van der Waals surface area (Å²) in [5.74, 6) is 0. The third-order valence-corrected chi connectivity index (χ3v) is 0.682. The first kappa shape index (κ1) is 11.6. The Hall–Kier alpha value is 0.804. The van der Waals surface area contributed by atoms with E-state index in [0.29, 0.717) is 0 Å². The van der Waals surface area contributed by atoms with E-state index in [2.05, 4.69) is 25.2 Å². The van der Waals surface area contributed by atoms with Crippen molar-refractivity contribution in [1.29, 1.82) is 0 Å². The molecule has 0 aliphatic carbocycles. The van der Waals surface area contributed by atoms with Crippen LogP contribution in [0.5, 0.6) is 0 Å². The van der Waals surface area contributed by atoms with Crippen molar-refractivity contribution in [3.05, 3.63) is 17.0 Å². The van der Waals surface area contributed by atoms with Crippen LogP contribution in [0.25, 0.3) is 5.32 Å². The Bertz CT molecular complexity index is 64.9. The maximum atomic E-state index is 3.90. The largest absolute Gasteiger partial charge is 0.662 e. The summed E-state index contributed by atoms with van der Waals surface area (Å²) in [6.45, 7) is 5.01. The third kappa shape index (κ3) is 9.93. The summed E-state index contributed by atoms with van der Waals surface area (Å²) in [5, 5.41) is 3.90. The topological polar surface area (TPSA) is 14.1 Å². The zero-order valence-electron chi connectivity index (χ0n) is 5.81. The summed E-state index contributed by atoms with van der Waals surface area (Å²) in [6.07, 6.45) is 2.10. The summed E-state index contributed by atoms with van der Waals surface area (Å²) in [7, 11) is 1.82. The molecule has 1 nitrogen and oxygen atoms in total. The van der Waals surface area contributed by atoms with Crippen LogP contribution in [0.4, 0.5) is 0 Å². The standard InChI is InChI=1S/C6H12N.Y/c1-6(2)4-5-7-3;/h4H,5H2,1-3H3;/q-1;. The van der Waals surface area contributed by atoms with E-state index in [1.807, 2.05) is 7.05 Å². The van der Waals surface area contributed by atoms with Gasteiger partial charge in [-0.15, -0.1) is 12.6 Å². The number of hydrogen-bond acceptors (Lipinski definition) is 0. The molecule has 0 aliphatic heterocycles. The number of likely N-dealkylation sites (N-methyl/N-ethyl adjacent to an activating group) is 1. The van der Waals surface area contributed by atoms with Crippen molar-refractivity contribution in [2.75, 3.05) is 13.6 Å². The molecule has 0 fully saturated rings. The van der Waals surface area contributed by atoms with Gasteiger partial charge in [0, 0.05) is 32.7 Å². The van der Waals surface area contributed by atoms with E-state index in [9.17, 15) is 0 Å². The number of rotatable bonds is 2. The average Bonchev–Trinajstić information content (AvgIpc) is 1.61. The quantitative estimate of drug-likeness (QED) is 0.586. The van der Waals surface area contributed by atoms with Gasteiger partial charge in [0.2, 0.25) is 0 Å². The normalized spacial score (nSPS) is 7.38. The average molecular weight is 187 g/mol. The Morgan fingerprint density at radius 1 is 1.50 bits per heavy atom. The van der Waals surface area contributed by atoms with Gasteiger partial charge in [0.15, 0.2) is 0 Å². The molecule has 0 unspecified atom stereocenters. The molecule has 0 bridgehead atoms. The van der Waals surface area contributed by atoms with Gasteiger partial charge in [0.05, 0.1) is 0 Å². The van der Waals surface area contributed by atoms with Gasteiger partial charge in [-0.25, -0.2) is 0 Å². The van der Waals surface area contributed by atoms with Crippen LogP contribution in [-0.4, -0.2) is 13.6 Å². The molecular formula is C6H12NY-. The zero-order chi connectivity index (χ0) is 5.70. The minimum atomic E-state index is 0. The predicted octanol–water partition coefficient (Wildman–Crippen LogP) is 1.95. The van der Waals surface area contributed by atoms with E-state index in [1.165, 1.54) is 5.57 Å². The maximum Gasteiger partial charge on any atom is 0 e. The van der Waals surface area contributed by atoms with Crippen molar-refractivity contribution in [1.82, 2.24) is 0 Å². The molecule has 0 aromatic heterocycles. The molecule has 0 saturated carbocycles. The van der Waals surface area contributed by atoms with Gasteiger partial charge in [-0.3, -0.25) is 0 Å². The van der Waals surface area contributed by atoms with Crippen molar-refractivity contribution in [2.24, 2.45) is 0 Å². The van der Waals surface area contributed by atoms with E-state index >= 15 is 0 Å². The predicted molar refractivity (Wildman–Crippen MR) is 33.6 cm³/mol. The Kier molecular flexibility index (Phi) is 11.3. The summed E-state index contributed by atoms with van der Waals surface area (Å²) >= 11 is 0.